The van der Waals surface area contributed by atoms with Crippen LogP contribution in [0.3, 0.4) is 0 Å². The first-order chi connectivity index (χ1) is 8.56. The van der Waals surface area contributed by atoms with Crippen molar-refractivity contribution in [1.29, 1.82) is 0 Å². The first kappa shape index (κ1) is 11.9. The number of methoxy groups -OCH3 is 1. The van der Waals surface area contributed by atoms with Crippen molar-refractivity contribution >= 4 is 22.6 Å². The fraction of sp³-hybridized carbons (Fsp3) is 0.0769. The third kappa shape index (κ3) is 1.75. The standard InChI is InChI=1S/C13H11NO4/c1-18-11-9(12(14)15)6-7-4-2-3-5-8(7)10(11)13(16)17/h2-6H,1H3,(H2,14,15)(H,16,17). The molecule has 0 heterocycles. The van der Waals surface area contributed by atoms with E-state index in [1.54, 1.807) is 24.3 Å². The number of amides is 1. The Hall–Kier alpha value is -2.56. The number of carbonyl (C=O) groups is 2. The molecule has 0 radical (unpaired) electrons. The van der Waals surface area contributed by atoms with Gasteiger partial charge in [-0.1, -0.05) is 24.3 Å². The molecule has 0 bridgehead atoms. The fourth-order valence-corrected chi connectivity index (χ4v) is 1.94. The van der Waals surface area contributed by atoms with Crippen LogP contribution in [0.15, 0.2) is 30.3 Å². The molecule has 0 aliphatic rings. The number of primary amides is 1. The Morgan fingerprint density at radius 2 is 1.94 bits per heavy atom. The van der Waals surface area contributed by atoms with E-state index in [2.05, 4.69) is 0 Å². The second-order valence-corrected chi connectivity index (χ2v) is 3.72. The molecule has 5 heteroatoms. The van der Waals surface area contributed by atoms with Gasteiger partial charge in [0, 0.05) is 0 Å². The molecule has 0 fully saturated rings. The van der Waals surface area contributed by atoms with Crippen LogP contribution in [0.2, 0.25) is 0 Å². The molecule has 0 atom stereocenters. The summed E-state index contributed by atoms with van der Waals surface area (Å²) in [6, 6.07) is 8.38. The van der Waals surface area contributed by atoms with Crippen LogP contribution in [-0.2, 0) is 0 Å². The maximum Gasteiger partial charge on any atom is 0.340 e. The minimum Gasteiger partial charge on any atom is -0.495 e. The molecule has 0 saturated heterocycles. The predicted octanol–water partition coefficient (Wildman–Crippen LogP) is 1.65. The van der Waals surface area contributed by atoms with Crippen LogP contribution >= 0.6 is 0 Å². The van der Waals surface area contributed by atoms with Gasteiger partial charge in [-0.05, 0) is 16.8 Å². The molecule has 0 unspecified atom stereocenters. The van der Waals surface area contributed by atoms with Crippen molar-refractivity contribution in [3.05, 3.63) is 41.5 Å². The van der Waals surface area contributed by atoms with Crippen LogP contribution in [-0.4, -0.2) is 24.1 Å². The number of carbonyl (C=O) groups excluding carboxylic acids is 1. The second-order valence-electron chi connectivity index (χ2n) is 3.72. The lowest BCUT2D eigenvalue weighted by Crippen LogP contribution is -2.15. The molecule has 5 nitrogen and oxygen atoms in total. The monoisotopic (exact) mass is 245 g/mol. The van der Waals surface area contributed by atoms with Crippen molar-refractivity contribution in [2.75, 3.05) is 7.11 Å². The van der Waals surface area contributed by atoms with Crippen LogP contribution in [0.1, 0.15) is 20.7 Å². The molecule has 2 aromatic carbocycles. The van der Waals surface area contributed by atoms with Gasteiger partial charge in [-0.25, -0.2) is 4.79 Å². The van der Waals surface area contributed by atoms with Gasteiger partial charge in [0.15, 0.2) is 0 Å². The number of hydrogen-bond acceptors (Lipinski definition) is 3. The number of aromatic carboxylic acids is 1. The van der Waals surface area contributed by atoms with Crippen molar-refractivity contribution in [2.45, 2.75) is 0 Å². The van der Waals surface area contributed by atoms with Gasteiger partial charge >= 0.3 is 5.97 Å². The Balaban J connectivity index is 2.96. The molecule has 18 heavy (non-hydrogen) atoms. The summed E-state index contributed by atoms with van der Waals surface area (Å²) in [5.74, 6) is -1.89. The molecule has 0 saturated carbocycles. The highest BCUT2D eigenvalue weighted by Gasteiger charge is 2.21. The van der Waals surface area contributed by atoms with E-state index in [1.807, 2.05) is 0 Å². The minimum absolute atomic E-state index is 0.00583. The quantitative estimate of drug-likeness (QED) is 0.860. The van der Waals surface area contributed by atoms with Crippen LogP contribution in [0.5, 0.6) is 5.75 Å². The molecule has 0 aliphatic heterocycles. The molecule has 2 rings (SSSR count). The average Bonchev–Trinajstić information content (AvgIpc) is 2.35. The van der Waals surface area contributed by atoms with Crippen LogP contribution in [0, 0.1) is 0 Å². The van der Waals surface area contributed by atoms with Crippen molar-refractivity contribution in [3.63, 3.8) is 0 Å². The average molecular weight is 245 g/mol. The number of carboxylic acid groups (broad SMARTS) is 1. The smallest absolute Gasteiger partial charge is 0.340 e. The molecule has 92 valence electrons. The molecule has 3 N–H and O–H groups in total. The van der Waals surface area contributed by atoms with Crippen LogP contribution in [0.4, 0.5) is 0 Å². The number of benzene rings is 2. The Kier molecular flexibility index (Phi) is 2.89. The first-order valence-corrected chi connectivity index (χ1v) is 5.19. The number of hydrogen-bond donors (Lipinski definition) is 2. The lowest BCUT2D eigenvalue weighted by molar-refractivity contribution is 0.0695. The van der Waals surface area contributed by atoms with Crippen molar-refractivity contribution in [1.82, 2.24) is 0 Å². The largest absolute Gasteiger partial charge is 0.495 e. The maximum atomic E-state index is 11.3. The number of carboxylic acids is 1. The third-order valence-corrected chi connectivity index (χ3v) is 2.69. The Morgan fingerprint density at radius 3 is 2.50 bits per heavy atom. The summed E-state index contributed by atoms with van der Waals surface area (Å²) in [6.45, 7) is 0. The summed E-state index contributed by atoms with van der Waals surface area (Å²) >= 11 is 0. The lowest BCUT2D eigenvalue weighted by Gasteiger charge is -2.12. The van der Waals surface area contributed by atoms with Gasteiger partial charge < -0.3 is 15.6 Å². The van der Waals surface area contributed by atoms with Crippen LogP contribution < -0.4 is 10.5 Å². The number of ether oxygens (including phenoxy) is 1. The topological polar surface area (TPSA) is 89.6 Å². The summed E-state index contributed by atoms with van der Waals surface area (Å²) in [4.78, 5) is 22.7. The van der Waals surface area contributed by atoms with Gasteiger partial charge in [-0.15, -0.1) is 0 Å². The molecule has 0 aromatic heterocycles. The second kappa shape index (κ2) is 4.37. The zero-order chi connectivity index (χ0) is 13.3. The van der Waals surface area contributed by atoms with Crippen molar-refractivity contribution in [3.8, 4) is 5.75 Å². The minimum atomic E-state index is -1.16. The van der Waals surface area contributed by atoms with E-state index in [9.17, 15) is 14.7 Å². The molecular weight excluding hydrogens is 234 g/mol. The molecular formula is C13H11NO4. The first-order valence-electron chi connectivity index (χ1n) is 5.19. The highest BCUT2D eigenvalue weighted by atomic mass is 16.5. The number of nitrogens with two attached hydrogens (primary N) is 1. The summed E-state index contributed by atoms with van der Waals surface area (Å²) in [6.07, 6.45) is 0. The molecule has 0 aliphatic carbocycles. The zero-order valence-electron chi connectivity index (χ0n) is 9.64. The summed E-state index contributed by atoms with van der Waals surface area (Å²) in [5.41, 5.74) is 5.25. The zero-order valence-corrected chi connectivity index (χ0v) is 9.64. The van der Waals surface area contributed by atoms with Crippen molar-refractivity contribution < 1.29 is 19.4 Å². The van der Waals surface area contributed by atoms with Crippen LogP contribution in [0.25, 0.3) is 10.8 Å². The van der Waals surface area contributed by atoms with E-state index in [0.29, 0.717) is 10.8 Å². The van der Waals surface area contributed by atoms with E-state index in [0.717, 1.165) is 0 Å². The van der Waals surface area contributed by atoms with Gasteiger partial charge in [-0.3, -0.25) is 4.79 Å². The van der Waals surface area contributed by atoms with Gasteiger partial charge in [0.25, 0.3) is 5.91 Å². The van der Waals surface area contributed by atoms with E-state index < -0.39 is 11.9 Å². The van der Waals surface area contributed by atoms with Gasteiger partial charge in [0.05, 0.1) is 12.7 Å². The van der Waals surface area contributed by atoms with Gasteiger partial charge in [-0.2, -0.15) is 0 Å². The lowest BCUT2D eigenvalue weighted by atomic mass is 9.99. The van der Waals surface area contributed by atoms with Crippen molar-refractivity contribution in [2.24, 2.45) is 5.73 Å². The highest BCUT2D eigenvalue weighted by Crippen LogP contribution is 2.31. The van der Waals surface area contributed by atoms with Gasteiger partial charge in [0.2, 0.25) is 0 Å². The normalized spacial score (nSPS) is 10.3. The number of rotatable bonds is 3. The highest BCUT2D eigenvalue weighted by molar-refractivity contribution is 6.11. The predicted molar refractivity (Wildman–Crippen MR) is 66.0 cm³/mol. The fourth-order valence-electron chi connectivity index (χ4n) is 1.94. The Morgan fingerprint density at radius 1 is 1.28 bits per heavy atom. The summed E-state index contributed by atoms with van der Waals surface area (Å²) < 4.78 is 5.03. The summed E-state index contributed by atoms with van der Waals surface area (Å²) in [5, 5.41) is 10.4. The SMILES string of the molecule is COc1c(C(N)=O)cc2ccccc2c1C(=O)O. The Bertz CT molecular complexity index is 649. The Labute approximate surface area is 103 Å². The maximum absolute atomic E-state index is 11.3. The molecule has 1 amide bonds. The third-order valence-electron chi connectivity index (χ3n) is 2.69. The summed E-state index contributed by atoms with van der Waals surface area (Å²) in [7, 11) is 1.31. The van der Waals surface area contributed by atoms with E-state index in [-0.39, 0.29) is 16.9 Å². The van der Waals surface area contributed by atoms with E-state index >= 15 is 0 Å². The molecule has 2 aromatic rings. The molecule has 0 spiro atoms. The van der Waals surface area contributed by atoms with E-state index in [1.165, 1.54) is 13.2 Å². The number of fused-ring (bicyclic) bond motifs is 1. The van der Waals surface area contributed by atoms with Gasteiger partial charge in [0.1, 0.15) is 11.3 Å². The van der Waals surface area contributed by atoms with E-state index in [4.69, 9.17) is 10.5 Å².